The molecule has 0 atom stereocenters. The molecule has 0 fully saturated rings. The van der Waals surface area contributed by atoms with Gasteiger partial charge in [0.1, 0.15) is 17.5 Å². The monoisotopic (exact) mass is 223 g/mol. The zero-order chi connectivity index (χ0) is 11.7. The van der Waals surface area contributed by atoms with E-state index >= 15 is 0 Å². The van der Waals surface area contributed by atoms with Crippen molar-refractivity contribution in [1.82, 2.24) is 10.2 Å². The highest BCUT2D eigenvalue weighted by Crippen LogP contribution is 2.29. The second-order valence-corrected chi connectivity index (χ2v) is 3.41. The third kappa shape index (κ3) is 1.54. The van der Waals surface area contributed by atoms with Crippen LogP contribution in [0.2, 0.25) is 0 Å². The first-order valence-electron chi connectivity index (χ1n) is 4.92. The van der Waals surface area contributed by atoms with Crippen molar-refractivity contribution in [3.8, 4) is 11.3 Å². The topological polar surface area (TPSA) is 54.7 Å². The van der Waals surface area contributed by atoms with Gasteiger partial charge in [0.2, 0.25) is 0 Å². The fraction of sp³-hybridized carbons (Fsp3) is 0.182. The van der Waals surface area contributed by atoms with Gasteiger partial charge < -0.3 is 5.73 Å². The fourth-order valence-electron chi connectivity index (χ4n) is 1.68. The summed E-state index contributed by atoms with van der Waals surface area (Å²) in [5, 5.41) is 6.33. The quantitative estimate of drug-likeness (QED) is 0.821. The van der Waals surface area contributed by atoms with Crippen LogP contribution in [-0.4, -0.2) is 10.2 Å². The van der Waals surface area contributed by atoms with Crippen molar-refractivity contribution in [3.05, 3.63) is 35.4 Å². The molecule has 0 aliphatic heterocycles. The molecule has 2 rings (SSSR count). The molecular weight excluding hydrogens is 212 g/mol. The number of nitrogen functional groups attached to an aromatic ring is 1. The zero-order valence-corrected chi connectivity index (χ0v) is 8.72. The summed E-state index contributed by atoms with van der Waals surface area (Å²) in [5.41, 5.74) is 6.44. The average molecular weight is 223 g/mol. The van der Waals surface area contributed by atoms with Crippen LogP contribution in [0.3, 0.4) is 0 Å². The van der Waals surface area contributed by atoms with Crippen molar-refractivity contribution < 1.29 is 8.78 Å². The molecule has 3 N–H and O–H groups in total. The Morgan fingerprint density at radius 3 is 2.50 bits per heavy atom. The van der Waals surface area contributed by atoms with Crippen molar-refractivity contribution in [1.29, 1.82) is 0 Å². The number of aromatic amines is 1. The van der Waals surface area contributed by atoms with Gasteiger partial charge in [0, 0.05) is 5.56 Å². The lowest BCUT2D eigenvalue weighted by Crippen LogP contribution is -1.94. The van der Waals surface area contributed by atoms with Gasteiger partial charge in [-0.3, -0.25) is 5.10 Å². The van der Waals surface area contributed by atoms with E-state index in [4.69, 9.17) is 5.73 Å². The molecule has 3 nitrogen and oxygen atoms in total. The van der Waals surface area contributed by atoms with E-state index in [-0.39, 0.29) is 11.4 Å². The Morgan fingerprint density at radius 1 is 1.31 bits per heavy atom. The molecular formula is C11H11F2N3. The number of nitrogens with one attached hydrogen (secondary N) is 1. The van der Waals surface area contributed by atoms with Gasteiger partial charge in [-0.2, -0.15) is 5.10 Å². The van der Waals surface area contributed by atoms with E-state index < -0.39 is 11.6 Å². The lowest BCUT2D eigenvalue weighted by atomic mass is 10.0. The standard InChI is InChI=1S/C11H11F2N3/c1-2-6-10(15-16-11(6)14)9-7(12)4-3-5-8(9)13/h3-5H,2H2,1H3,(H3,14,15,16). The van der Waals surface area contributed by atoms with E-state index in [1.54, 1.807) is 0 Å². The molecule has 2 aromatic rings. The molecule has 0 saturated heterocycles. The summed E-state index contributed by atoms with van der Waals surface area (Å²) in [6.45, 7) is 1.85. The third-order valence-corrected chi connectivity index (χ3v) is 2.47. The summed E-state index contributed by atoms with van der Waals surface area (Å²) in [7, 11) is 0. The van der Waals surface area contributed by atoms with Crippen LogP contribution in [0.5, 0.6) is 0 Å². The molecule has 0 spiro atoms. The Morgan fingerprint density at radius 2 is 1.94 bits per heavy atom. The van der Waals surface area contributed by atoms with E-state index in [1.807, 2.05) is 6.92 Å². The summed E-state index contributed by atoms with van der Waals surface area (Å²) >= 11 is 0. The van der Waals surface area contributed by atoms with Gasteiger partial charge in [0.15, 0.2) is 0 Å². The molecule has 16 heavy (non-hydrogen) atoms. The minimum Gasteiger partial charge on any atom is -0.382 e. The highest BCUT2D eigenvalue weighted by atomic mass is 19.1. The van der Waals surface area contributed by atoms with Crippen LogP contribution in [0, 0.1) is 11.6 Å². The van der Waals surface area contributed by atoms with E-state index in [1.165, 1.54) is 18.2 Å². The lowest BCUT2D eigenvalue weighted by Gasteiger charge is -2.04. The van der Waals surface area contributed by atoms with Crippen molar-refractivity contribution in [3.63, 3.8) is 0 Å². The Bertz CT molecular complexity index is 500. The van der Waals surface area contributed by atoms with Crippen LogP contribution in [0.1, 0.15) is 12.5 Å². The van der Waals surface area contributed by atoms with Crippen LogP contribution >= 0.6 is 0 Å². The van der Waals surface area contributed by atoms with Crippen molar-refractivity contribution in [2.75, 3.05) is 5.73 Å². The number of hydrogen-bond acceptors (Lipinski definition) is 2. The normalized spacial score (nSPS) is 10.7. The predicted molar refractivity (Wildman–Crippen MR) is 57.7 cm³/mol. The van der Waals surface area contributed by atoms with Crippen LogP contribution in [0.15, 0.2) is 18.2 Å². The molecule has 1 aromatic heterocycles. The second kappa shape index (κ2) is 3.92. The summed E-state index contributed by atoms with van der Waals surface area (Å²) < 4.78 is 27.1. The second-order valence-electron chi connectivity index (χ2n) is 3.41. The van der Waals surface area contributed by atoms with Crippen LogP contribution in [-0.2, 0) is 6.42 Å². The third-order valence-electron chi connectivity index (χ3n) is 2.47. The Balaban J connectivity index is 2.67. The molecule has 1 heterocycles. The SMILES string of the molecule is CCc1c(N)n[nH]c1-c1c(F)cccc1F. The van der Waals surface area contributed by atoms with Gasteiger partial charge in [-0.15, -0.1) is 0 Å². The van der Waals surface area contributed by atoms with Crippen LogP contribution in [0.4, 0.5) is 14.6 Å². The van der Waals surface area contributed by atoms with Gasteiger partial charge >= 0.3 is 0 Å². The first kappa shape index (κ1) is 10.6. The molecule has 0 aliphatic carbocycles. The number of anilines is 1. The summed E-state index contributed by atoms with van der Waals surface area (Å²) in [4.78, 5) is 0. The number of rotatable bonds is 2. The number of H-pyrrole nitrogens is 1. The average Bonchev–Trinajstić information content (AvgIpc) is 2.59. The molecule has 0 unspecified atom stereocenters. The van der Waals surface area contributed by atoms with Crippen molar-refractivity contribution >= 4 is 5.82 Å². The Hall–Kier alpha value is -1.91. The minimum atomic E-state index is -0.627. The molecule has 0 bridgehead atoms. The Labute approximate surface area is 91.3 Å². The highest BCUT2D eigenvalue weighted by molar-refractivity contribution is 5.69. The van der Waals surface area contributed by atoms with E-state index in [9.17, 15) is 8.78 Å². The minimum absolute atomic E-state index is 0.108. The molecule has 0 saturated carbocycles. The van der Waals surface area contributed by atoms with E-state index in [0.29, 0.717) is 17.7 Å². The number of nitrogens with zero attached hydrogens (tertiary/aromatic N) is 1. The van der Waals surface area contributed by atoms with Crippen LogP contribution < -0.4 is 5.73 Å². The van der Waals surface area contributed by atoms with Gasteiger partial charge in [0.25, 0.3) is 0 Å². The highest BCUT2D eigenvalue weighted by Gasteiger charge is 2.17. The number of benzene rings is 1. The summed E-state index contributed by atoms with van der Waals surface area (Å²) in [6, 6.07) is 3.73. The first-order chi connectivity index (χ1) is 7.65. The first-order valence-corrected chi connectivity index (χ1v) is 4.92. The number of halogens is 2. The van der Waals surface area contributed by atoms with Gasteiger partial charge in [-0.25, -0.2) is 8.78 Å². The number of hydrogen-bond donors (Lipinski definition) is 2. The van der Waals surface area contributed by atoms with Gasteiger partial charge in [-0.05, 0) is 18.6 Å². The molecule has 5 heteroatoms. The van der Waals surface area contributed by atoms with Crippen LogP contribution in [0.25, 0.3) is 11.3 Å². The molecule has 0 aliphatic rings. The van der Waals surface area contributed by atoms with E-state index in [2.05, 4.69) is 10.2 Å². The van der Waals surface area contributed by atoms with Crippen molar-refractivity contribution in [2.45, 2.75) is 13.3 Å². The predicted octanol–water partition coefficient (Wildman–Crippen LogP) is 2.50. The molecule has 84 valence electrons. The zero-order valence-electron chi connectivity index (χ0n) is 8.72. The summed E-state index contributed by atoms with van der Waals surface area (Å²) in [5.74, 6) is -0.975. The smallest absolute Gasteiger partial charge is 0.149 e. The van der Waals surface area contributed by atoms with E-state index in [0.717, 1.165) is 0 Å². The molecule has 0 amide bonds. The fourth-order valence-corrected chi connectivity index (χ4v) is 1.68. The maximum Gasteiger partial charge on any atom is 0.149 e. The largest absolute Gasteiger partial charge is 0.382 e. The maximum atomic E-state index is 13.5. The van der Waals surface area contributed by atoms with Gasteiger partial charge in [-0.1, -0.05) is 13.0 Å². The summed E-state index contributed by atoms with van der Waals surface area (Å²) in [6.07, 6.45) is 0.561. The molecule has 1 aromatic carbocycles. The Kier molecular flexibility index (Phi) is 2.60. The lowest BCUT2D eigenvalue weighted by molar-refractivity contribution is 0.588. The van der Waals surface area contributed by atoms with Gasteiger partial charge in [0.05, 0.1) is 11.3 Å². The maximum absolute atomic E-state index is 13.5. The molecule has 0 radical (unpaired) electrons. The number of aromatic nitrogens is 2. The van der Waals surface area contributed by atoms with Crippen molar-refractivity contribution in [2.24, 2.45) is 0 Å². The number of nitrogens with two attached hydrogens (primary N) is 1.